The summed E-state index contributed by atoms with van der Waals surface area (Å²) in [6.45, 7) is 1.79. The maximum atomic E-state index is 13.3. The summed E-state index contributed by atoms with van der Waals surface area (Å²) < 4.78 is 35.5. The molecule has 0 radical (unpaired) electrons. The average Bonchev–Trinajstić information content (AvgIpc) is 3.17. The van der Waals surface area contributed by atoms with E-state index in [1.165, 1.54) is 16.2 Å². The number of carbonyl (C=O) groups is 1. The Bertz CT molecular complexity index is 1510. The molecule has 4 aromatic rings. The second kappa shape index (κ2) is 9.51. The molecule has 2 heterocycles. The molecule has 2 aromatic carbocycles. The second-order valence-corrected chi connectivity index (χ2v) is 11.7. The lowest BCUT2D eigenvalue weighted by atomic mass is 10.0. The number of carbonyl (C=O) groups excluding carboxylic acids is 1. The number of anilines is 1. The van der Waals surface area contributed by atoms with E-state index in [0.29, 0.717) is 37.8 Å². The van der Waals surface area contributed by atoms with E-state index in [0.717, 1.165) is 9.13 Å². The fraction of sp³-hybridized carbons (Fsp3) is 0.167. The van der Waals surface area contributed by atoms with E-state index in [9.17, 15) is 13.2 Å². The number of pyridine rings is 1. The summed E-state index contributed by atoms with van der Waals surface area (Å²) in [6.07, 6.45) is 0. The molecule has 1 N–H and O–H groups in total. The Morgan fingerprint density at radius 3 is 2.53 bits per heavy atom. The molecule has 0 fully saturated rings. The van der Waals surface area contributed by atoms with Gasteiger partial charge in [0.15, 0.2) is 0 Å². The summed E-state index contributed by atoms with van der Waals surface area (Å²) in [5.74, 6) is 0.436. The van der Waals surface area contributed by atoms with Crippen LogP contribution in [0, 0.1) is 10.5 Å². The first-order chi connectivity index (χ1) is 16.1. The molecule has 0 unspecified atom stereocenters. The average molecular weight is 607 g/mol. The van der Waals surface area contributed by atoms with Crippen molar-refractivity contribution < 1.29 is 17.9 Å². The molecular weight excluding hydrogens is 585 g/mol. The summed E-state index contributed by atoms with van der Waals surface area (Å²) >= 11 is 3.32. The Hall–Kier alpha value is -2.70. The second-order valence-electron chi connectivity index (χ2n) is 7.79. The largest absolute Gasteiger partial charge is 0.497 e. The number of hydrogen-bond acceptors (Lipinski definition) is 6. The summed E-state index contributed by atoms with van der Waals surface area (Å²) in [4.78, 5) is 20.5. The molecule has 0 aliphatic heterocycles. The van der Waals surface area contributed by atoms with Gasteiger partial charge < -0.3 is 9.64 Å². The van der Waals surface area contributed by atoms with E-state index in [4.69, 9.17) is 4.74 Å². The van der Waals surface area contributed by atoms with Crippen molar-refractivity contribution in [1.29, 1.82) is 0 Å². The van der Waals surface area contributed by atoms with Crippen molar-refractivity contribution >= 4 is 65.8 Å². The van der Waals surface area contributed by atoms with Crippen molar-refractivity contribution in [1.82, 2.24) is 9.88 Å². The van der Waals surface area contributed by atoms with E-state index in [1.807, 2.05) is 30.3 Å². The number of halogens is 1. The van der Waals surface area contributed by atoms with E-state index in [2.05, 4.69) is 32.3 Å². The smallest absolute Gasteiger partial charge is 0.264 e. The van der Waals surface area contributed by atoms with Gasteiger partial charge in [-0.3, -0.25) is 9.52 Å². The maximum Gasteiger partial charge on any atom is 0.264 e. The van der Waals surface area contributed by atoms with Crippen molar-refractivity contribution in [2.75, 3.05) is 25.9 Å². The van der Waals surface area contributed by atoms with Crippen LogP contribution in [0.1, 0.15) is 15.4 Å². The SMILES string of the molecule is COc1cccc(-c2c(C(=O)N(C)C)sc3nc(C)cc(NS(=O)(=O)c4cccc(I)c4)c23)c1. The van der Waals surface area contributed by atoms with Crippen molar-refractivity contribution in [3.63, 3.8) is 0 Å². The van der Waals surface area contributed by atoms with Crippen molar-refractivity contribution in [2.45, 2.75) is 11.8 Å². The van der Waals surface area contributed by atoms with E-state index in [1.54, 1.807) is 52.4 Å². The number of ether oxygens (including phenoxy) is 1. The number of rotatable bonds is 6. The van der Waals surface area contributed by atoms with Gasteiger partial charge in [0.2, 0.25) is 0 Å². The maximum absolute atomic E-state index is 13.3. The molecule has 34 heavy (non-hydrogen) atoms. The number of amides is 1. The number of nitrogens with zero attached hydrogens (tertiary/aromatic N) is 2. The molecule has 0 aliphatic rings. The molecule has 7 nitrogen and oxygen atoms in total. The molecule has 0 saturated heterocycles. The molecule has 176 valence electrons. The monoisotopic (exact) mass is 607 g/mol. The van der Waals surface area contributed by atoms with Crippen LogP contribution in [0.15, 0.2) is 59.5 Å². The van der Waals surface area contributed by atoms with Crippen LogP contribution in [0.2, 0.25) is 0 Å². The van der Waals surface area contributed by atoms with Gasteiger partial charge in [0.1, 0.15) is 15.5 Å². The minimum absolute atomic E-state index is 0.157. The van der Waals surface area contributed by atoms with Crippen LogP contribution in [-0.4, -0.2) is 45.4 Å². The fourth-order valence-electron chi connectivity index (χ4n) is 3.55. The van der Waals surface area contributed by atoms with Gasteiger partial charge in [-0.2, -0.15) is 0 Å². The highest BCUT2D eigenvalue weighted by molar-refractivity contribution is 14.1. The Morgan fingerprint density at radius 1 is 1.12 bits per heavy atom. The highest BCUT2D eigenvalue weighted by atomic mass is 127. The summed E-state index contributed by atoms with van der Waals surface area (Å²) in [7, 11) is 1.05. The van der Waals surface area contributed by atoms with Crippen molar-refractivity contribution in [3.05, 3.63) is 68.7 Å². The first-order valence-electron chi connectivity index (χ1n) is 10.2. The number of aromatic nitrogens is 1. The van der Waals surface area contributed by atoms with Crippen molar-refractivity contribution in [2.24, 2.45) is 0 Å². The lowest BCUT2D eigenvalue weighted by Crippen LogP contribution is -2.21. The molecular formula is C24H22IN3O4S2. The standard InChI is InChI=1S/C24H22IN3O4S2/c1-14-11-19(27-34(30,31)18-10-6-8-16(25)13-18)21-20(15-7-5-9-17(12-15)32-4)22(24(29)28(2)3)33-23(21)26-14/h5-13H,1-4H3,(H,26,27). The van der Waals surface area contributed by atoms with Crippen LogP contribution in [0.5, 0.6) is 5.75 Å². The van der Waals surface area contributed by atoms with E-state index >= 15 is 0 Å². The van der Waals surface area contributed by atoms with E-state index in [-0.39, 0.29) is 10.8 Å². The number of methoxy groups -OCH3 is 1. The molecule has 0 spiro atoms. The predicted octanol–water partition coefficient (Wildman–Crippen LogP) is 5.39. The number of thiophene rings is 1. The number of sulfonamides is 1. The van der Waals surface area contributed by atoms with Gasteiger partial charge >= 0.3 is 0 Å². The minimum atomic E-state index is -3.88. The quantitative estimate of drug-likeness (QED) is 0.297. The summed E-state index contributed by atoms with van der Waals surface area (Å²) in [5, 5.41) is 0.572. The highest BCUT2D eigenvalue weighted by Gasteiger charge is 2.26. The zero-order valence-electron chi connectivity index (χ0n) is 18.9. The van der Waals surface area contributed by atoms with Gasteiger partial charge in [0.25, 0.3) is 15.9 Å². The van der Waals surface area contributed by atoms with Crippen LogP contribution in [0.3, 0.4) is 0 Å². The van der Waals surface area contributed by atoms with Gasteiger partial charge in [0.05, 0.1) is 17.7 Å². The number of nitrogens with one attached hydrogen (secondary N) is 1. The highest BCUT2D eigenvalue weighted by Crippen LogP contribution is 2.43. The predicted molar refractivity (Wildman–Crippen MR) is 144 cm³/mol. The van der Waals surface area contributed by atoms with Crippen LogP contribution in [0.25, 0.3) is 21.3 Å². The number of hydrogen-bond donors (Lipinski definition) is 1. The lowest BCUT2D eigenvalue weighted by Gasteiger charge is -2.14. The molecule has 10 heteroatoms. The minimum Gasteiger partial charge on any atom is -0.497 e. The first kappa shape index (κ1) is 24.4. The van der Waals surface area contributed by atoms with Gasteiger partial charge in [-0.1, -0.05) is 18.2 Å². The van der Waals surface area contributed by atoms with Gasteiger partial charge in [-0.05, 0) is 71.5 Å². The molecule has 0 atom stereocenters. The van der Waals surface area contributed by atoms with E-state index < -0.39 is 10.0 Å². The van der Waals surface area contributed by atoms with Gasteiger partial charge in [-0.15, -0.1) is 11.3 Å². The number of fused-ring (bicyclic) bond motifs is 1. The molecule has 0 bridgehead atoms. The molecule has 0 saturated carbocycles. The third-order valence-corrected chi connectivity index (χ3v) is 8.21. The molecule has 1 amide bonds. The fourth-order valence-corrected chi connectivity index (χ4v) is 6.70. The molecule has 2 aromatic heterocycles. The Morgan fingerprint density at radius 2 is 1.85 bits per heavy atom. The Balaban J connectivity index is 2.00. The molecule has 0 aliphatic carbocycles. The third kappa shape index (κ3) is 4.75. The molecule has 4 rings (SSSR count). The number of aryl methyl sites for hydroxylation is 1. The first-order valence-corrected chi connectivity index (χ1v) is 13.6. The van der Waals surface area contributed by atoms with Crippen LogP contribution < -0.4 is 9.46 Å². The normalized spacial score (nSPS) is 11.4. The zero-order valence-corrected chi connectivity index (χ0v) is 22.7. The van der Waals surface area contributed by atoms with Crippen LogP contribution >= 0.6 is 33.9 Å². The number of benzene rings is 2. The Kier molecular flexibility index (Phi) is 6.83. The Labute approximate surface area is 216 Å². The van der Waals surface area contributed by atoms with Crippen LogP contribution in [-0.2, 0) is 10.0 Å². The van der Waals surface area contributed by atoms with Crippen molar-refractivity contribution in [3.8, 4) is 16.9 Å². The van der Waals surface area contributed by atoms with Gasteiger partial charge in [0, 0.05) is 34.3 Å². The van der Waals surface area contributed by atoms with Gasteiger partial charge in [-0.25, -0.2) is 13.4 Å². The third-order valence-electron chi connectivity index (χ3n) is 5.10. The zero-order chi connectivity index (χ0) is 24.6. The summed E-state index contributed by atoms with van der Waals surface area (Å²) in [6, 6.07) is 15.7. The summed E-state index contributed by atoms with van der Waals surface area (Å²) in [5.41, 5.74) is 2.35. The van der Waals surface area contributed by atoms with Crippen LogP contribution in [0.4, 0.5) is 5.69 Å². The topological polar surface area (TPSA) is 88.6 Å². The lowest BCUT2D eigenvalue weighted by molar-refractivity contribution is 0.0833.